The molecule has 1 aliphatic carbocycles. The molecular weight excluding hydrogens is 336 g/mol. The summed E-state index contributed by atoms with van der Waals surface area (Å²) in [6.45, 7) is 2.93. The van der Waals surface area contributed by atoms with Crippen LogP contribution in [0.3, 0.4) is 0 Å². The average molecular weight is 356 g/mol. The summed E-state index contributed by atoms with van der Waals surface area (Å²) in [5.74, 6) is 1.08. The number of hydrogen-bond acceptors (Lipinski definition) is 4. The van der Waals surface area contributed by atoms with Gasteiger partial charge in [-0.15, -0.1) is 11.3 Å². The van der Waals surface area contributed by atoms with Crippen molar-refractivity contribution in [1.29, 1.82) is 0 Å². The standard InChI is InChI=1S/C18H20N4O2S/c1-12-17(23)21(11-13-6-7-13)16-15(5-2-8-19-16)22(12)18(24)20-10-14-4-3-9-25-14/h2-5,8-9,12-13H,6-7,10-11H2,1H3,(H,20,24). The monoisotopic (exact) mass is 356 g/mol. The Bertz CT molecular complexity index is 788. The average Bonchev–Trinajstić information content (AvgIpc) is 3.29. The minimum Gasteiger partial charge on any atom is -0.333 e. The van der Waals surface area contributed by atoms with Gasteiger partial charge in [-0.2, -0.15) is 0 Å². The minimum absolute atomic E-state index is 0.0654. The Hall–Kier alpha value is -2.41. The van der Waals surface area contributed by atoms with Crippen LogP contribution in [0.2, 0.25) is 0 Å². The van der Waals surface area contributed by atoms with Crippen LogP contribution in [0.1, 0.15) is 24.6 Å². The molecule has 1 fully saturated rings. The summed E-state index contributed by atoms with van der Waals surface area (Å²) in [6.07, 6.45) is 3.99. The number of urea groups is 1. The number of thiophene rings is 1. The van der Waals surface area contributed by atoms with Crippen molar-refractivity contribution >= 4 is 34.8 Å². The van der Waals surface area contributed by atoms with Crippen LogP contribution in [0, 0.1) is 5.92 Å². The number of aromatic nitrogens is 1. The topological polar surface area (TPSA) is 65.5 Å². The third-order valence-electron chi connectivity index (χ3n) is 4.64. The number of pyridine rings is 1. The predicted octanol–water partition coefficient (Wildman–Crippen LogP) is 3.00. The summed E-state index contributed by atoms with van der Waals surface area (Å²) in [6, 6.07) is 6.77. The van der Waals surface area contributed by atoms with E-state index in [4.69, 9.17) is 0 Å². The number of carbonyl (C=O) groups is 2. The van der Waals surface area contributed by atoms with E-state index in [1.54, 1.807) is 35.4 Å². The third kappa shape index (κ3) is 3.11. The number of hydrogen-bond donors (Lipinski definition) is 1. The lowest BCUT2D eigenvalue weighted by Gasteiger charge is -2.39. The number of rotatable bonds is 4. The van der Waals surface area contributed by atoms with Crippen molar-refractivity contribution in [2.45, 2.75) is 32.4 Å². The van der Waals surface area contributed by atoms with Crippen molar-refractivity contribution in [3.8, 4) is 0 Å². The smallest absolute Gasteiger partial charge is 0.323 e. The van der Waals surface area contributed by atoms with E-state index in [0.717, 1.165) is 17.7 Å². The Morgan fingerprint density at radius 1 is 1.36 bits per heavy atom. The van der Waals surface area contributed by atoms with E-state index in [2.05, 4.69) is 10.3 Å². The van der Waals surface area contributed by atoms with E-state index >= 15 is 0 Å². The summed E-state index contributed by atoms with van der Waals surface area (Å²) in [5.41, 5.74) is 0.693. The van der Waals surface area contributed by atoms with E-state index in [1.165, 1.54) is 4.90 Å². The first-order chi connectivity index (χ1) is 12.1. The lowest BCUT2D eigenvalue weighted by atomic mass is 10.1. The summed E-state index contributed by atoms with van der Waals surface area (Å²) in [7, 11) is 0. The van der Waals surface area contributed by atoms with Gasteiger partial charge in [0, 0.05) is 17.6 Å². The molecule has 0 aromatic carbocycles. The Labute approximate surface area is 150 Å². The number of nitrogens with zero attached hydrogens (tertiary/aromatic N) is 3. The van der Waals surface area contributed by atoms with Crippen LogP contribution >= 0.6 is 11.3 Å². The van der Waals surface area contributed by atoms with Gasteiger partial charge in [-0.25, -0.2) is 9.78 Å². The SMILES string of the molecule is CC1C(=O)N(CC2CC2)c2ncccc2N1C(=O)NCc1cccs1. The molecule has 7 heteroatoms. The molecular formula is C18H20N4O2S. The van der Waals surface area contributed by atoms with Crippen LogP contribution in [-0.2, 0) is 11.3 Å². The summed E-state index contributed by atoms with van der Waals surface area (Å²) < 4.78 is 0. The molecule has 1 unspecified atom stereocenters. The lowest BCUT2D eigenvalue weighted by Crippen LogP contribution is -2.57. The zero-order valence-corrected chi connectivity index (χ0v) is 14.8. The zero-order valence-electron chi connectivity index (χ0n) is 14.0. The summed E-state index contributed by atoms with van der Waals surface area (Å²) >= 11 is 1.59. The molecule has 2 aromatic heterocycles. The van der Waals surface area contributed by atoms with Gasteiger partial charge in [0.15, 0.2) is 5.82 Å². The first-order valence-electron chi connectivity index (χ1n) is 8.51. The molecule has 1 saturated carbocycles. The molecule has 2 aliphatic rings. The molecule has 3 heterocycles. The van der Waals surface area contributed by atoms with Crippen LogP contribution in [0.5, 0.6) is 0 Å². The second-order valence-corrected chi connectivity index (χ2v) is 7.55. The second-order valence-electron chi connectivity index (χ2n) is 6.52. The molecule has 1 atom stereocenters. The van der Waals surface area contributed by atoms with E-state index in [-0.39, 0.29) is 11.9 Å². The maximum absolute atomic E-state index is 12.9. The number of nitrogens with one attached hydrogen (secondary N) is 1. The molecule has 0 saturated heterocycles. The molecule has 2 aromatic rings. The van der Waals surface area contributed by atoms with Gasteiger partial charge >= 0.3 is 6.03 Å². The van der Waals surface area contributed by atoms with Crippen molar-refractivity contribution in [3.05, 3.63) is 40.7 Å². The van der Waals surface area contributed by atoms with Gasteiger partial charge in [0.25, 0.3) is 5.91 Å². The Balaban J connectivity index is 1.60. The highest BCUT2D eigenvalue weighted by Crippen LogP contribution is 2.38. The summed E-state index contributed by atoms with van der Waals surface area (Å²) in [4.78, 5) is 34.4. The van der Waals surface area contributed by atoms with Crippen molar-refractivity contribution in [2.24, 2.45) is 5.92 Å². The van der Waals surface area contributed by atoms with E-state index in [1.807, 2.05) is 23.6 Å². The molecule has 6 nitrogen and oxygen atoms in total. The van der Waals surface area contributed by atoms with Crippen molar-refractivity contribution in [2.75, 3.05) is 16.3 Å². The second kappa shape index (κ2) is 6.48. The number of amides is 3. The molecule has 1 aliphatic heterocycles. The Kier molecular flexibility index (Phi) is 4.17. The zero-order chi connectivity index (χ0) is 17.4. The molecule has 0 bridgehead atoms. The molecule has 4 rings (SSSR count). The van der Waals surface area contributed by atoms with Gasteiger partial charge in [-0.05, 0) is 49.3 Å². The van der Waals surface area contributed by atoms with Gasteiger partial charge in [0.1, 0.15) is 6.04 Å². The highest BCUT2D eigenvalue weighted by atomic mass is 32.1. The van der Waals surface area contributed by atoms with Gasteiger partial charge in [0.2, 0.25) is 0 Å². The van der Waals surface area contributed by atoms with E-state index in [9.17, 15) is 9.59 Å². The minimum atomic E-state index is -0.543. The van der Waals surface area contributed by atoms with E-state index < -0.39 is 6.04 Å². The van der Waals surface area contributed by atoms with Crippen molar-refractivity contribution < 1.29 is 9.59 Å². The third-order valence-corrected chi connectivity index (χ3v) is 5.52. The normalized spacial score (nSPS) is 19.7. The quantitative estimate of drug-likeness (QED) is 0.916. The maximum atomic E-state index is 12.9. The molecule has 3 amide bonds. The first kappa shape index (κ1) is 16.1. The predicted molar refractivity (Wildman–Crippen MR) is 97.8 cm³/mol. The van der Waals surface area contributed by atoms with Crippen LogP contribution < -0.4 is 15.1 Å². The molecule has 25 heavy (non-hydrogen) atoms. The Morgan fingerprint density at radius 3 is 2.92 bits per heavy atom. The number of anilines is 2. The Morgan fingerprint density at radius 2 is 2.20 bits per heavy atom. The van der Waals surface area contributed by atoms with Crippen LogP contribution in [0.4, 0.5) is 16.3 Å². The molecule has 0 spiro atoms. The van der Waals surface area contributed by atoms with Crippen LogP contribution in [-0.4, -0.2) is 29.5 Å². The highest BCUT2D eigenvalue weighted by Gasteiger charge is 2.41. The van der Waals surface area contributed by atoms with E-state index in [0.29, 0.717) is 30.5 Å². The largest absolute Gasteiger partial charge is 0.333 e. The van der Waals surface area contributed by atoms with Gasteiger partial charge in [-0.1, -0.05) is 6.07 Å². The number of carbonyl (C=O) groups excluding carboxylic acids is 2. The van der Waals surface area contributed by atoms with Gasteiger partial charge in [0.05, 0.1) is 12.2 Å². The molecule has 130 valence electrons. The molecule has 0 radical (unpaired) electrons. The lowest BCUT2D eigenvalue weighted by molar-refractivity contribution is -0.119. The fourth-order valence-corrected chi connectivity index (χ4v) is 3.76. The van der Waals surface area contributed by atoms with Crippen LogP contribution in [0.25, 0.3) is 0 Å². The fraction of sp³-hybridized carbons (Fsp3) is 0.389. The van der Waals surface area contributed by atoms with Gasteiger partial charge in [-0.3, -0.25) is 14.6 Å². The number of fused-ring (bicyclic) bond motifs is 1. The highest BCUT2D eigenvalue weighted by molar-refractivity contribution is 7.09. The molecule has 1 N–H and O–H groups in total. The maximum Gasteiger partial charge on any atom is 0.323 e. The van der Waals surface area contributed by atoms with Crippen molar-refractivity contribution in [1.82, 2.24) is 10.3 Å². The van der Waals surface area contributed by atoms with Gasteiger partial charge < -0.3 is 5.32 Å². The van der Waals surface area contributed by atoms with Crippen molar-refractivity contribution in [3.63, 3.8) is 0 Å². The fourth-order valence-electron chi connectivity index (χ4n) is 3.11. The summed E-state index contributed by atoms with van der Waals surface area (Å²) in [5, 5.41) is 4.89. The first-order valence-corrected chi connectivity index (χ1v) is 9.39. The van der Waals surface area contributed by atoms with Crippen LogP contribution in [0.15, 0.2) is 35.8 Å².